The maximum Gasteiger partial charge on any atom is 0.259 e. The van der Waals surface area contributed by atoms with Gasteiger partial charge in [-0.15, -0.1) is 0 Å². The molecular formula is C15H14Cl2N2O2. The van der Waals surface area contributed by atoms with Gasteiger partial charge in [0.2, 0.25) is 0 Å². The van der Waals surface area contributed by atoms with Crippen molar-refractivity contribution in [1.82, 2.24) is 0 Å². The first kappa shape index (κ1) is 15.5. The van der Waals surface area contributed by atoms with E-state index in [-0.39, 0.29) is 11.3 Å². The number of benzene rings is 2. The lowest BCUT2D eigenvalue weighted by Crippen LogP contribution is -2.12. The Morgan fingerprint density at radius 2 is 1.95 bits per heavy atom. The molecule has 110 valence electrons. The molecule has 0 unspecified atom stereocenters. The fourth-order valence-electron chi connectivity index (χ4n) is 1.81. The number of amides is 1. The minimum absolute atomic E-state index is 0.0920. The molecule has 0 heterocycles. The van der Waals surface area contributed by atoms with Gasteiger partial charge in [-0.25, -0.2) is 0 Å². The van der Waals surface area contributed by atoms with Crippen LogP contribution in [0.3, 0.4) is 0 Å². The van der Waals surface area contributed by atoms with Crippen LogP contribution >= 0.6 is 23.2 Å². The summed E-state index contributed by atoms with van der Waals surface area (Å²) in [7, 11) is 0. The molecule has 0 saturated carbocycles. The lowest BCUT2D eigenvalue weighted by molar-refractivity contribution is 0.102. The van der Waals surface area contributed by atoms with Crippen molar-refractivity contribution in [2.24, 2.45) is 0 Å². The van der Waals surface area contributed by atoms with E-state index in [0.717, 1.165) is 12.2 Å². The molecule has 0 bridgehead atoms. The molecule has 0 saturated heterocycles. The fraction of sp³-hybridized carbons (Fsp3) is 0.133. The van der Waals surface area contributed by atoms with Crippen molar-refractivity contribution in [2.45, 2.75) is 6.92 Å². The van der Waals surface area contributed by atoms with Gasteiger partial charge in [-0.2, -0.15) is 0 Å². The Balaban J connectivity index is 2.21. The summed E-state index contributed by atoms with van der Waals surface area (Å²) < 4.78 is 0. The van der Waals surface area contributed by atoms with Gasteiger partial charge in [-0.3, -0.25) is 4.79 Å². The van der Waals surface area contributed by atoms with Gasteiger partial charge in [-0.1, -0.05) is 23.2 Å². The number of phenols is 1. The molecule has 0 radical (unpaired) electrons. The zero-order chi connectivity index (χ0) is 15.4. The van der Waals surface area contributed by atoms with E-state index in [2.05, 4.69) is 10.6 Å². The third-order valence-electron chi connectivity index (χ3n) is 2.80. The van der Waals surface area contributed by atoms with Crippen LogP contribution in [0.2, 0.25) is 10.0 Å². The van der Waals surface area contributed by atoms with E-state index in [1.54, 1.807) is 12.1 Å². The molecule has 0 spiro atoms. The van der Waals surface area contributed by atoms with Gasteiger partial charge in [0.15, 0.2) is 0 Å². The summed E-state index contributed by atoms with van der Waals surface area (Å²) in [5.74, 6) is -0.620. The van der Waals surface area contributed by atoms with Crippen molar-refractivity contribution in [3.05, 3.63) is 52.0 Å². The van der Waals surface area contributed by atoms with E-state index in [1.165, 1.54) is 18.2 Å². The Bertz CT molecular complexity index is 675. The lowest BCUT2D eigenvalue weighted by atomic mass is 10.2. The van der Waals surface area contributed by atoms with Gasteiger partial charge in [0, 0.05) is 17.3 Å². The first-order chi connectivity index (χ1) is 10.0. The van der Waals surface area contributed by atoms with Crippen LogP contribution in [0.25, 0.3) is 0 Å². The fourth-order valence-corrected chi connectivity index (χ4v) is 2.21. The third kappa shape index (κ3) is 3.80. The largest absolute Gasteiger partial charge is 0.507 e. The van der Waals surface area contributed by atoms with E-state index in [4.69, 9.17) is 23.2 Å². The second-order valence-corrected chi connectivity index (χ2v) is 5.18. The highest BCUT2D eigenvalue weighted by molar-refractivity contribution is 6.34. The standard InChI is InChI=1S/C15H14Cl2N2O2/c1-2-18-10-4-5-13(12(17)8-10)19-15(21)11-7-9(16)3-6-14(11)20/h3-8,18,20H,2H2,1H3,(H,19,21). The molecule has 2 rings (SSSR count). The van der Waals surface area contributed by atoms with Crippen LogP contribution in [0.15, 0.2) is 36.4 Å². The number of carbonyl (C=O) groups excluding carboxylic acids is 1. The van der Waals surface area contributed by atoms with Crippen molar-refractivity contribution in [3.8, 4) is 5.75 Å². The van der Waals surface area contributed by atoms with E-state index >= 15 is 0 Å². The molecule has 0 aromatic heterocycles. The first-order valence-corrected chi connectivity index (χ1v) is 7.10. The molecule has 3 N–H and O–H groups in total. The second-order valence-electron chi connectivity index (χ2n) is 4.34. The van der Waals surface area contributed by atoms with Crippen LogP contribution in [0, 0.1) is 0 Å². The molecule has 2 aromatic carbocycles. The number of phenolic OH excluding ortho intramolecular Hbond substituents is 1. The zero-order valence-corrected chi connectivity index (χ0v) is 12.8. The molecule has 0 aliphatic carbocycles. The molecule has 2 aromatic rings. The Hall–Kier alpha value is -1.91. The van der Waals surface area contributed by atoms with E-state index in [1.807, 2.05) is 13.0 Å². The minimum Gasteiger partial charge on any atom is -0.507 e. The predicted molar refractivity (Wildman–Crippen MR) is 86.7 cm³/mol. The van der Waals surface area contributed by atoms with Crippen LogP contribution in [0.1, 0.15) is 17.3 Å². The molecule has 21 heavy (non-hydrogen) atoms. The number of hydrogen-bond donors (Lipinski definition) is 3. The molecule has 0 aliphatic rings. The Morgan fingerprint density at radius 3 is 2.62 bits per heavy atom. The number of halogens is 2. The molecule has 4 nitrogen and oxygen atoms in total. The number of nitrogens with one attached hydrogen (secondary N) is 2. The highest BCUT2D eigenvalue weighted by atomic mass is 35.5. The van der Waals surface area contributed by atoms with Crippen molar-refractivity contribution in [2.75, 3.05) is 17.2 Å². The van der Waals surface area contributed by atoms with Crippen molar-refractivity contribution < 1.29 is 9.90 Å². The number of carbonyl (C=O) groups is 1. The van der Waals surface area contributed by atoms with E-state index in [9.17, 15) is 9.90 Å². The maximum atomic E-state index is 12.1. The number of rotatable bonds is 4. The van der Waals surface area contributed by atoms with Gasteiger partial charge in [0.25, 0.3) is 5.91 Å². The number of anilines is 2. The number of hydrogen-bond acceptors (Lipinski definition) is 3. The average Bonchev–Trinajstić information content (AvgIpc) is 2.44. The van der Waals surface area contributed by atoms with Crippen LogP contribution in [0.4, 0.5) is 11.4 Å². The SMILES string of the molecule is CCNc1ccc(NC(=O)c2cc(Cl)ccc2O)c(Cl)c1. The number of aromatic hydroxyl groups is 1. The van der Waals surface area contributed by atoms with Gasteiger partial charge in [-0.05, 0) is 43.3 Å². The molecular weight excluding hydrogens is 311 g/mol. The van der Waals surface area contributed by atoms with Gasteiger partial charge in [0.1, 0.15) is 5.75 Å². The quantitative estimate of drug-likeness (QED) is 0.781. The highest BCUT2D eigenvalue weighted by Gasteiger charge is 2.13. The first-order valence-electron chi connectivity index (χ1n) is 6.34. The summed E-state index contributed by atoms with van der Waals surface area (Å²) in [5.41, 5.74) is 1.42. The summed E-state index contributed by atoms with van der Waals surface area (Å²) in [6.07, 6.45) is 0. The Kier molecular flexibility index (Phi) is 4.94. The lowest BCUT2D eigenvalue weighted by Gasteiger charge is -2.10. The van der Waals surface area contributed by atoms with Crippen molar-refractivity contribution in [1.29, 1.82) is 0 Å². The van der Waals surface area contributed by atoms with Gasteiger partial charge < -0.3 is 15.7 Å². The highest BCUT2D eigenvalue weighted by Crippen LogP contribution is 2.28. The second kappa shape index (κ2) is 6.70. The normalized spacial score (nSPS) is 10.2. The monoisotopic (exact) mass is 324 g/mol. The molecule has 0 fully saturated rings. The molecule has 0 atom stereocenters. The van der Waals surface area contributed by atoms with Crippen molar-refractivity contribution in [3.63, 3.8) is 0 Å². The smallest absolute Gasteiger partial charge is 0.259 e. The Labute approximate surface area is 132 Å². The summed E-state index contributed by atoms with van der Waals surface area (Å²) in [4.78, 5) is 12.1. The van der Waals surface area contributed by atoms with Crippen LogP contribution in [0.5, 0.6) is 5.75 Å². The van der Waals surface area contributed by atoms with Gasteiger partial charge >= 0.3 is 0 Å². The van der Waals surface area contributed by atoms with Crippen LogP contribution in [-0.4, -0.2) is 17.6 Å². The third-order valence-corrected chi connectivity index (χ3v) is 3.35. The predicted octanol–water partition coefficient (Wildman–Crippen LogP) is 4.38. The van der Waals surface area contributed by atoms with Crippen LogP contribution < -0.4 is 10.6 Å². The molecule has 1 amide bonds. The van der Waals surface area contributed by atoms with E-state index in [0.29, 0.717) is 15.7 Å². The molecule has 0 aliphatic heterocycles. The van der Waals surface area contributed by atoms with Crippen LogP contribution in [-0.2, 0) is 0 Å². The summed E-state index contributed by atoms with van der Waals surface area (Å²) >= 11 is 11.9. The summed E-state index contributed by atoms with van der Waals surface area (Å²) in [6.45, 7) is 2.75. The Morgan fingerprint density at radius 1 is 1.19 bits per heavy atom. The van der Waals surface area contributed by atoms with E-state index < -0.39 is 5.91 Å². The average molecular weight is 325 g/mol. The summed E-state index contributed by atoms with van der Waals surface area (Å²) in [6, 6.07) is 9.49. The maximum absolute atomic E-state index is 12.1. The molecule has 6 heteroatoms. The van der Waals surface area contributed by atoms with Crippen molar-refractivity contribution >= 4 is 40.5 Å². The van der Waals surface area contributed by atoms with Gasteiger partial charge in [0.05, 0.1) is 16.3 Å². The topological polar surface area (TPSA) is 61.4 Å². The minimum atomic E-state index is -0.479. The summed E-state index contributed by atoms with van der Waals surface area (Å²) in [5, 5.41) is 16.2. The zero-order valence-electron chi connectivity index (χ0n) is 11.3.